The molecule has 2 aliphatic rings. The van der Waals surface area contributed by atoms with E-state index in [0.717, 1.165) is 0 Å². The molecule has 2 unspecified atom stereocenters. The highest BCUT2D eigenvalue weighted by Crippen LogP contribution is 2.48. The molecule has 1 nitrogen and oxygen atoms in total. The molecule has 0 aromatic heterocycles. The van der Waals surface area contributed by atoms with Crippen molar-refractivity contribution in [3.8, 4) is 22.3 Å². The van der Waals surface area contributed by atoms with Crippen LogP contribution in [0.25, 0.3) is 43.8 Å². The van der Waals surface area contributed by atoms with E-state index in [9.17, 15) is 0 Å². The van der Waals surface area contributed by atoms with Gasteiger partial charge in [-0.15, -0.1) is 0 Å². The third-order valence-electron chi connectivity index (χ3n) is 13.4. The number of ether oxygens (including phenoxy) is 1. The van der Waals surface area contributed by atoms with Crippen LogP contribution in [0.1, 0.15) is 141 Å². The second-order valence-electron chi connectivity index (χ2n) is 19.1. The van der Waals surface area contributed by atoms with Gasteiger partial charge in [-0.3, -0.25) is 0 Å². The van der Waals surface area contributed by atoms with E-state index in [2.05, 4.69) is 178 Å². The zero-order valence-electron chi connectivity index (χ0n) is 33.8. The van der Waals surface area contributed by atoms with Crippen molar-refractivity contribution in [2.45, 2.75) is 129 Å². The van der Waals surface area contributed by atoms with Gasteiger partial charge in [0.15, 0.2) is 0 Å². The van der Waals surface area contributed by atoms with Gasteiger partial charge in [0.2, 0.25) is 0 Å². The fourth-order valence-electron chi connectivity index (χ4n) is 9.39. The summed E-state index contributed by atoms with van der Waals surface area (Å²) >= 11 is 0. The molecule has 2 atom stereocenters. The molecule has 0 bridgehead atoms. The lowest BCUT2D eigenvalue weighted by Crippen LogP contribution is -2.33. The maximum Gasteiger partial charge on any atom is 0.0805 e. The Labute approximate surface area is 318 Å². The molecule has 0 fully saturated rings. The Morgan fingerprint density at radius 1 is 0.358 bits per heavy atom. The zero-order valence-corrected chi connectivity index (χ0v) is 33.8. The van der Waals surface area contributed by atoms with Crippen molar-refractivity contribution in [2.75, 3.05) is 0 Å². The van der Waals surface area contributed by atoms with Crippen LogP contribution in [0, 0.1) is 0 Å². The molecule has 0 N–H and O–H groups in total. The van der Waals surface area contributed by atoms with Crippen LogP contribution in [0.2, 0.25) is 0 Å². The lowest BCUT2D eigenvalue weighted by Gasteiger charge is -2.42. The van der Waals surface area contributed by atoms with Gasteiger partial charge in [-0.25, -0.2) is 0 Å². The van der Waals surface area contributed by atoms with Crippen LogP contribution < -0.4 is 0 Å². The Morgan fingerprint density at radius 2 is 0.660 bits per heavy atom. The van der Waals surface area contributed by atoms with E-state index in [1.807, 2.05) is 0 Å². The van der Waals surface area contributed by atoms with Crippen LogP contribution in [0.15, 0.2) is 109 Å². The summed E-state index contributed by atoms with van der Waals surface area (Å²) in [5, 5.41) is 5.03. The third kappa shape index (κ3) is 6.54. The van der Waals surface area contributed by atoms with Crippen molar-refractivity contribution < 1.29 is 4.74 Å². The van der Waals surface area contributed by atoms with Crippen LogP contribution in [0.3, 0.4) is 0 Å². The molecule has 0 aliphatic heterocycles. The van der Waals surface area contributed by atoms with Gasteiger partial charge in [0, 0.05) is 0 Å². The molecule has 6 aromatic rings. The number of rotatable bonds is 6. The summed E-state index contributed by atoms with van der Waals surface area (Å²) in [6.07, 6.45) is 4.87. The fourth-order valence-corrected chi connectivity index (χ4v) is 9.39. The SMILES string of the molecule is CC(OC(C)c1ccc2cc(-c3ccc4c(c3)C(C)(C)CCC4(C)C)ccc2c1)c1ccc2cc(-c3ccc4c(c3)C(C)(C)CCC4(C)C)ccc2c1. The zero-order chi connectivity index (χ0) is 37.5. The summed E-state index contributed by atoms with van der Waals surface area (Å²) in [7, 11) is 0. The molecular weight excluding hydrogens is 641 g/mol. The first kappa shape index (κ1) is 35.8. The van der Waals surface area contributed by atoms with E-state index in [1.165, 1.54) is 103 Å². The minimum atomic E-state index is -0.0309. The van der Waals surface area contributed by atoms with Gasteiger partial charge < -0.3 is 4.74 Å². The molecule has 2 aliphatic carbocycles. The predicted molar refractivity (Wildman–Crippen MR) is 227 cm³/mol. The normalized spacial score (nSPS) is 19.4. The van der Waals surface area contributed by atoms with Gasteiger partial charge in [0.25, 0.3) is 0 Å². The van der Waals surface area contributed by atoms with Crippen molar-refractivity contribution in [3.05, 3.63) is 143 Å². The van der Waals surface area contributed by atoms with Gasteiger partial charge in [0.1, 0.15) is 0 Å². The molecule has 8 rings (SSSR count). The Balaban J connectivity index is 0.987. The lowest BCUT2D eigenvalue weighted by molar-refractivity contribution is 0.00600. The average Bonchev–Trinajstić information content (AvgIpc) is 3.14. The van der Waals surface area contributed by atoms with Crippen LogP contribution in [0.4, 0.5) is 0 Å². The van der Waals surface area contributed by atoms with Crippen LogP contribution in [0.5, 0.6) is 0 Å². The predicted octanol–water partition coefficient (Wildman–Crippen LogP) is 14.9. The van der Waals surface area contributed by atoms with Crippen molar-refractivity contribution >= 4 is 21.5 Å². The molecule has 53 heavy (non-hydrogen) atoms. The quantitative estimate of drug-likeness (QED) is 0.168. The number of hydrogen-bond donors (Lipinski definition) is 0. The Bertz CT molecular complexity index is 2200. The summed E-state index contributed by atoms with van der Waals surface area (Å²) in [4.78, 5) is 0. The van der Waals surface area contributed by atoms with E-state index in [4.69, 9.17) is 4.74 Å². The highest BCUT2D eigenvalue weighted by molar-refractivity contribution is 5.89. The number of fused-ring (bicyclic) bond motifs is 4. The smallest absolute Gasteiger partial charge is 0.0805 e. The lowest BCUT2D eigenvalue weighted by atomic mass is 9.63. The highest BCUT2D eigenvalue weighted by atomic mass is 16.5. The molecular formula is C52H58O. The van der Waals surface area contributed by atoms with Gasteiger partial charge in [-0.05, 0) is 163 Å². The summed E-state index contributed by atoms with van der Waals surface area (Å²) in [6.45, 7) is 23.6. The summed E-state index contributed by atoms with van der Waals surface area (Å²) in [6, 6.07) is 41.8. The molecule has 0 spiro atoms. The molecule has 0 radical (unpaired) electrons. The molecule has 0 saturated heterocycles. The first-order chi connectivity index (χ1) is 25.0. The summed E-state index contributed by atoms with van der Waals surface area (Å²) in [5.41, 5.74) is 14.5. The number of benzene rings is 6. The van der Waals surface area contributed by atoms with Crippen LogP contribution in [-0.2, 0) is 26.4 Å². The Hall–Kier alpha value is -4.20. The summed E-state index contributed by atoms with van der Waals surface area (Å²) < 4.78 is 6.68. The number of hydrogen-bond acceptors (Lipinski definition) is 1. The molecule has 0 amide bonds. The molecule has 0 heterocycles. The van der Waals surface area contributed by atoms with Crippen LogP contribution >= 0.6 is 0 Å². The third-order valence-corrected chi connectivity index (χ3v) is 13.4. The van der Waals surface area contributed by atoms with E-state index in [0.29, 0.717) is 0 Å². The van der Waals surface area contributed by atoms with Crippen molar-refractivity contribution in [2.24, 2.45) is 0 Å². The molecule has 272 valence electrons. The minimum absolute atomic E-state index is 0.0309. The van der Waals surface area contributed by atoms with E-state index < -0.39 is 0 Å². The second kappa shape index (κ2) is 12.7. The van der Waals surface area contributed by atoms with Crippen LogP contribution in [-0.4, -0.2) is 0 Å². The van der Waals surface area contributed by atoms with Gasteiger partial charge >= 0.3 is 0 Å². The van der Waals surface area contributed by atoms with Crippen molar-refractivity contribution in [3.63, 3.8) is 0 Å². The van der Waals surface area contributed by atoms with Crippen molar-refractivity contribution in [1.82, 2.24) is 0 Å². The molecule has 1 heteroatoms. The Morgan fingerprint density at radius 3 is 1.06 bits per heavy atom. The minimum Gasteiger partial charge on any atom is -0.366 e. The van der Waals surface area contributed by atoms with Gasteiger partial charge in [0.05, 0.1) is 12.2 Å². The standard InChI is InChI=1S/C52H58O/c1-33(35-11-13-39-29-41(17-15-37(39)27-35)43-19-21-45-47(31-43)51(7,8)25-23-49(45,3)4)53-34(2)36-12-14-40-30-42(18-16-38(40)28-36)44-20-22-46-48(32-44)52(9,10)26-24-50(46,5)6/h11-22,27-34H,23-26H2,1-10H3. The van der Waals surface area contributed by atoms with Gasteiger partial charge in [-0.2, -0.15) is 0 Å². The van der Waals surface area contributed by atoms with Gasteiger partial charge in [-0.1, -0.05) is 140 Å². The van der Waals surface area contributed by atoms with Crippen molar-refractivity contribution in [1.29, 1.82) is 0 Å². The first-order valence-corrected chi connectivity index (χ1v) is 20.0. The highest BCUT2D eigenvalue weighted by Gasteiger charge is 2.38. The second-order valence-corrected chi connectivity index (χ2v) is 19.1. The van der Waals surface area contributed by atoms with E-state index in [-0.39, 0.29) is 33.9 Å². The largest absolute Gasteiger partial charge is 0.366 e. The van der Waals surface area contributed by atoms with E-state index >= 15 is 0 Å². The Kier molecular flexibility index (Phi) is 8.58. The fraction of sp³-hybridized carbons (Fsp3) is 0.385. The topological polar surface area (TPSA) is 9.23 Å². The first-order valence-electron chi connectivity index (χ1n) is 20.0. The molecule has 6 aromatic carbocycles. The average molecular weight is 699 g/mol. The summed E-state index contributed by atoms with van der Waals surface area (Å²) in [5.74, 6) is 0. The monoisotopic (exact) mass is 698 g/mol. The maximum atomic E-state index is 6.68. The molecule has 0 saturated carbocycles. The maximum absolute atomic E-state index is 6.68. The van der Waals surface area contributed by atoms with E-state index in [1.54, 1.807) is 0 Å².